The highest BCUT2D eigenvalue weighted by atomic mass is 35.5. The zero-order valence-corrected chi connectivity index (χ0v) is 26.5. The predicted octanol–water partition coefficient (Wildman–Crippen LogP) is 9.81. The summed E-state index contributed by atoms with van der Waals surface area (Å²) in [6.45, 7) is 0. The fourth-order valence-electron chi connectivity index (χ4n) is 5.54. The maximum atomic E-state index is 14.9. The van der Waals surface area contributed by atoms with Crippen molar-refractivity contribution in [2.75, 3.05) is 7.11 Å². The van der Waals surface area contributed by atoms with Crippen molar-refractivity contribution in [1.82, 2.24) is 8.96 Å². The molecule has 0 amide bonds. The third-order valence-electron chi connectivity index (χ3n) is 7.74. The minimum atomic E-state index is -4.96. The number of benzene rings is 4. The molecule has 0 aliphatic heterocycles. The smallest absolute Gasteiger partial charge is 0.418 e. The molecule has 0 spiro atoms. The molecule has 0 saturated carbocycles. The Kier molecular flexibility index (Phi) is 8.76. The number of pyridine rings is 1. The van der Waals surface area contributed by atoms with E-state index >= 15 is 0 Å². The van der Waals surface area contributed by atoms with Crippen molar-refractivity contribution in [3.63, 3.8) is 0 Å². The second-order valence-corrected chi connectivity index (χ2v) is 12.9. The number of halogens is 7. The van der Waals surface area contributed by atoms with Crippen LogP contribution in [-0.2, 0) is 20.9 Å². The van der Waals surface area contributed by atoms with Crippen molar-refractivity contribution in [3.05, 3.63) is 131 Å². The lowest BCUT2D eigenvalue weighted by atomic mass is 9.96. The molecule has 0 aliphatic rings. The van der Waals surface area contributed by atoms with Gasteiger partial charge in [-0.05, 0) is 66.2 Å². The summed E-state index contributed by atoms with van der Waals surface area (Å²) in [4.78, 5) is 15.6. The summed E-state index contributed by atoms with van der Waals surface area (Å²) < 4.78 is 119. The summed E-state index contributed by atoms with van der Waals surface area (Å²) in [5.74, 6) is -1.52. The average molecular weight is 715 g/mol. The molecule has 0 radical (unpaired) electrons. The molecule has 14 heteroatoms. The lowest BCUT2D eigenvalue weighted by Crippen LogP contribution is -2.15. The maximum Gasteiger partial charge on any atom is 0.418 e. The molecule has 0 fully saturated rings. The maximum absolute atomic E-state index is 14.9. The summed E-state index contributed by atoms with van der Waals surface area (Å²) >= 11 is 6.52. The van der Waals surface area contributed by atoms with Crippen LogP contribution in [0.1, 0.15) is 27.9 Å². The zero-order chi connectivity index (χ0) is 35.2. The van der Waals surface area contributed by atoms with E-state index in [1.165, 1.54) is 43.5 Å². The molecule has 0 atom stereocenters. The van der Waals surface area contributed by atoms with Gasteiger partial charge in [-0.15, -0.1) is 0 Å². The first-order valence-electron chi connectivity index (χ1n) is 14.2. The number of aromatic nitrogens is 2. The van der Waals surface area contributed by atoms with Crippen LogP contribution < -0.4 is 0 Å². The van der Waals surface area contributed by atoms with Crippen LogP contribution in [0.5, 0.6) is 0 Å². The minimum Gasteiger partial charge on any atom is -0.465 e. The lowest BCUT2D eigenvalue weighted by molar-refractivity contribution is -0.137. The molecule has 0 unspecified atom stereocenters. The second kappa shape index (κ2) is 12.7. The van der Waals surface area contributed by atoms with Gasteiger partial charge in [-0.3, -0.25) is 4.98 Å². The monoisotopic (exact) mass is 714 g/mol. The number of alkyl halides is 5. The van der Waals surface area contributed by atoms with Crippen LogP contribution in [0.25, 0.3) is 44.5 Å². The normalized spacial score (nSPS) is 12.1. The number of ether oxygens (including phenoxy) is 1. The van der Waals surface area contributed by atoms with E-state index in [1.54, 1.807) is 6.07 Å². The van der Waals surface area contributed by atoms with Crippen molar-refractivity contribution >= 4 is 38.5 Å². The summed E-state index contributed by atoms with van der Waals surface area (Å²) in [7, 11) is -3.58. The lowest BCUT2D eigenvalue weighted by Gasteiger charge is -2.17. The third-order valence-corrected chi connectivity index (χ3v) is 9.78. The van der Waals surface area contributed by atoms with E-state index in [1.807, 2.05) is 0 Å². The third kappa shape index (κ3) is 6.15. The van der Waals surface area contributed by atoms with E-state index in [-0.39, 0.29) is 38.3 Å². The molecule has 250 valence electrons. The molecule has 2 aromatic heterocycles. The highest BCUT2D eigenvalue weighted by Gasteiger charge is 2.38. The van der Waals surface area contributed by atoms with Gasteiger partial charge in [-0.2, -0.15) is 13.2 Å². The number of esters is 1. The van der Waals surface area contributed by atoms with Gasteiger partial charge in [0.1, 0.15) is 5.82 Å². The SMILES string of the molecule is COC(=O)c1ccc(-c2cccc(-c3c(-c4ncccc4C(F)(F)F)c4cc(F)ccc4n3S(=O)(=O)c3ccc(C(F)F)cc3)c2)c(Cl)c1. The minimum absolute atomic E-state index is 0.0590. The summed E-state index contributed by atoms with van der Waals surface area (Å²) in [5.41, 5.74) is -2.23. The van der Waals surface area contributed by atoms with E-state index in [2.05, 4.69) is 4.98 Å². The molecule has 0 bridgehead atoms. The number of carbonyl (C=O) groups excluding carboxylic acids is 1. The average Bonchev–Trinajstić information content (AvgIpc) is 3.42. The molecule has 0 saturated heterocycles. The Balaban J connectivity index is 1.72. The Labute approximate surface area is 280 Å². The van der Waals surface area contributed by atoms with Gasteiger partial charge in [-0.25, -0.2) is 30.4 Å². The highest BCUT2D eigenvalue weighted by Crippen LogP contribution is 2.47. The number of hydrogen-bond donors (Lipinski definition) is 0. The van der Waals surface area contributed by atoms with Gasteiger partial charge in [0.15, 0.2) is 0 Å². The highest BCUT2D eigenvalue weighted by molar-refractivity contribution is 7.90. The van der Waals surface area contributed by atoms with E-state index in [9.17, 15) is 39.6 Å². The number of hydrogen-bond acceptors (Lipinski definition) is 5. The van der Waals surface area contributed by atoms with Gasteiger partial charge in [0, 0.05) is 38.9 Å². The van der Waals surface area contributed by atoms with Crippen molar-refractivity contribution in [3.8, 4) is 33.6 Å². The number of rotatable bonds is 7. The standard InChI is InChI=1S/C35H21ClF6N2O4S/c1-48-34(45)22-9-13-25(28(36)17-22)20-4-2-5-21(16-20)32-30(31-27(35(40,41)42)6-3-15-43-31)26-18-23(37)10-14-29(26)44(32)49(46,47)24-11-7-19(8-12-24)33(38)39/h2-18,33H,1H3. The molecule has 4 aromatic carbocycles. The molecular formula is C35H21ClF6N2O4S. The van der Waals surface area contributed by atoms with Crippen molar-refractivity contribution in [2.45, 2.75) is 17.5 Å². The van der Waals surface area contributed by atoms with E-state index in [4.69, 9.17) is 16.3 Å². The number of methoxy groups -OCH3 is 1. The Hall–Kier alpha value is -5.14. The van der Waals surface area contributed by atoms with Crippen LogP contribution in [0.2, 0.25) is 5.02 Å². The molecular weight excluding hydrogens is 694 g/mol. The van der Waals surface area contributed by atoms with Crippen LogP contribution in [-0.4, -0.2) is 30.5 Å². The number of carbonyl (C=O) groups is 1. The first kappa shape index (κ1) is 33.7. The molecule has 0 aliphatic carbocycles. The van der Waals surface area contributed by atoms with Crippen molar-refractivity contribution in [1.29, 1.82) is 0 Å². The Morgan fingerprint density at radius 1 is 0.898 bits per heavy atom. The second-order valence-electron chi connectivity index (χ2n) is 10.7. The first-order valence-corrected chi connectivity index (χ1v) is 16.0. The summed E-state index contributed by atoms with van der Waals surface area (Å²) in [6, 6.07) is 18.9. The summed E-state index contributed by atoms with van der Waals surface area (Å²) in [5, 5.41) is -0.100. The van der Waals surface area contributed by atoms with Gasteiger partial charge in [0.05, 0.1) is 40.0 Å². The van der Waals surface area contributed by atoms with Gasteiger partial charge in [0.2, 0.25) is 0 Å². The molecule has 6 nitrogen and oxygen atoms in total. The van der Waals surface area contributed by atoms with Crippen LogP contribution in [0.4, 0.5) is 26.3 Å². The van der Waals surface area contributed by atoms with Crippen LogP contribution in [0.15, 0.2) is 108 Å². The van der Waals surface area contributed by atoms with Gasteiger partial charge < -0.3 is 4.74 Å². The van der Waals surface area contributed by atoms with Crippen LogP contribution >= 0.6 is 11.6 Å². The van der Waals surface area contributed by atoms with E-state index < -0.39 is 56.1 Å². The fraction of sp³-hybridized carbons (Fsp3) is 0.0857. The van der Waals surface area contributed by atoms with Gasteiger partial charge in [-0.1, -0.05) is 48.0 Å². The van der Waals surface area contributed by atoms with E-state index in [0.29, 0.717) is 11.1 Å². The van der Waals surface area contributed by atoms with Gasteiger partial charge >= 0.3 is 12.1 Å². The Morgan fingerprint density at radius 2 is 1.61 bits per heavy atom. The fourth-order valence-corrected chi connectivity index (χ4v) is 7.37. The molecule has 2 heterocycles. The summed E-state index contributed by atoms with van der Waals surface area (Å²) in [6.07, 6.45) is -6.76. The zero-order valence-electron chi connectivity index (χ0n) is 25.0. The van der Waals surface area contributed by atoms with E-state index in [0.717, 1.165) is 64.8 Å². The molecule has 49 heavy (non-hydrogen) atoms. The largest absolute Gasteiger partial charge is 0.465 e. The molecule has 6 rings (SSSR count). The van der Waals surface area contributed by atoms with Crippen LogP contribution in [0, 0.1) is 5.82 Å². The Bertz CT molecular complexity index is 2360. The first-order chi connectivity index (χ1) is 23.2. The molecule has 6 aromatic rings. The number of fused-ring (bicyclic) bond motifs is 1. The van der Waals surface area contributed by atoms with Gasteiger partial charge in [0.25, 0.3) is 16.4 Å². The topological polar surface area (TPSA) is 78.3 Å². The Morgan fingerprint density at radius 3 is 2.27 bits per heavy atom. The van der Waals surface area contributed by atoms with Crippen LogP contribution in [0.3, 0.4) is 0 Å². The number of nitrogens with zero attached hydrogens (tertiary/aromatic N) is 2. The predicted molar refractivity (Wildman–Crippen MR) is 171 cm³/mol. The quantitative estimate of drug-likeness (QED) is 0.122. The molecule has 0 N–H and O–H groups in total. The van der Waals surface area contributed by atoms with Crippen molar-refractivity contribution < 1.29 is 44.3 Å². The van der Waals surface area contributed by atoms with Crippen molar-refractivity contribution in [2.24, 2.45) is 0 Å².